The molecule has 0 saturated carbocycles. The molecular formula is C16H21N3O3. The zero-order valence-corrected chi connectivity index (χ0v) is 13.1. The number of amidine groups is 1. The molecule has 0 spiro atoms. The molecule has 0 heterocycles. The van der Waals surface area contributed by atoms with Crippen LogP contribution < -0.4 is 11.5 Å². The maximum atomic E-state index is 12.1. The molecule has 0 fully saturated rings. The number of benzene rings is 1. The molecule has 0 radical (unpaired) electrons. The molecule has 1 aromatic rings. The predicted molar refractivity (Wildman–Crippen MR) is 85.5 cm³/mol. The van der Waals surface area contributed by atoms with Crippen LogP contribution >= 0.6 is 0 Å². The first-order valence-electron chi connectivity index (χ1n) is 6.91. The average Bonchev–Trinajstić information content (AvgIpc) is 2.45. The highest BCUT2D eigenvalue weighted by atomic mass is 16.5. The Hall–Kier alpha value is -2.63. The number of carbonyl (C=O) groups excluding carboxylic acids is 2. The summed E-state index contributed by atoms with van der Waals surface area (Å²) in [6.07, 6.45) is 0. The highest BCUT2D eigenvalue weighted by molar-refractivity contribution is 6.19. The van der Waals surface area contributed by atoms with Gasteiger partial charge in [-0.15, -0.1) is 0 Å². The molecule has 6 nitrogen and oxygen atoms in total. The van der Waals surface area contributed by atoms with Gasteiger partial charge in [-0.05, 0) is 26.3 Å². The fraction of sp³-hybridized carbons (Fsp3) is 0.312. The highest BCUT2D eigenvalue weighted by Gasteiger charge is 2.19. The second kappa shape index (κ2) is 7.97. The normalized spacial score (nSPS) is 12.6. The molecule has 0 atom stereocenters. The summed E-state index contributed by atoms with van der Waals surface area (Å²) in [6.45, 7) is 5.16. The summed E-state index contributed by atoms with van der Waals surface area (Å²) in [5.74, 6) is -1.03. The van der Waals surface area contributed by atoms with Gasteiger partial charge < -0.3 is 16.2 Å². The van der Waals surface area contributed by atoms with Crippen LogP contribution in [0.25, 0.3) is 0 Å². The number of nitrogens with two attached hydrogens (primary N) is 2. The lowest BCUT2D eigenvalue weighted by atomic mass is 10.1. The maximum absolute atomic E-state index is 12.1. The van der Waals surface area contributed by atoms with E-state index in [1.807, 2.05) is 19.1 Å². The zero-order valence-electron chi connectivity index (χ0n) is 13.1. The number of nitrogens with zero attached hydrogens (tertiary/aromatic N) is 1. The van der Waals surface area contributed by atoms with Gasteiger partial charge in [0.15, 0.2) is 6.61 Å². The molecule has 0 aliphatic carbocycles. The SMILES string of the molecule is CCN=C(N)C(C(=O)OCC(=O)c1ccccc1C)=C(C)N. The molecule has 4 N–H and O–H groups in total. The average molecular weight is 303 g/mol. The van der Waals surface area contributed by atoms with E-state index in [9.17, 15) is 9.59 Å². The molecule has 0 aromatic heterocycles. The van der Waals surface area contributed by atoms with Crippen molar-refractivity contribution in [3.63, 3.8) is 0 Å². The van der Waals surface area contributed by atoms with Crippen LogP contribution in [0.3, 0.4) is 0 Å². The smallest absolute Gasteiger partial charge is 0.344 e. The van der Waals surface area contributed by atoms with E-state index in [0.717, 1.165) is 5.56 Å². The van der Waals surface area contributed by atoms with E-state index in [4.69, 9.17) is 16.2 Å². The Morgan fingerprint density at radius 1 is 1.23 bits per heavy atom. The lowest BCUT2D eigenvalue weighted by molar-refractivity contribution is -0.137. The van der Waals surface area contributed by atoms with Crippen LogP contribution in [0, 0.1) is 6.92 Å². The fourth-order valence-electron chi connectivity index (χ4n) is 1.88. The Labute approximate surface area is 129 Å². The second-order valence-corrected chi connectivity index (χ2v) is 4.73. The van der Waals surface area contributed by atoms with Crippen LogP contribution in [-0.4, -0.2) is 30.7 Å². The molecule has 0 amide bonds. The predicted octanol–water partition coefficient (Wildman–Crippen LogP) is 1.33. The minimum absolute atomic E-state index is 0.000524. The van der Waals surface area contributed by atoms with Crippen molar-refractivity contribution in [3.8, 4) is 0 Å². The zero-order chi connectivity index (χ0) is 16.7. The summed E-state index contributed by atoms with van der Waals surface area (Å²) in [5, 5.41) is 0. The van der Waals surface area contributed by atoms with Crippen LogP contribution in [0.2, 0.25) is 0 Å². The minimum atomic E-state index is -0.753. The van der Waals surface area contributed by atoms with Crippen LogP contribution in [-0.2, 0) is 9.53 Å². The highest BCUT2D eigenvalue weighted by Crippen LogP contribution is 2.09. The van der Waals surface area contributed by atoms with E-state index in [0.29, 0.717) is 12.1 Å². The number of allylic oxidation sites excluding steroid dienone is 1. The summed E-state index contributed by atoms with van der Waals surface area (Å²) >= 11 is 0. The van der Waals surface area contributed by atoms with E-state index in [2.05, 4.69) is 4.99 Å². The van der Waals surface area contributed by atoms with Crippen LogP contribution in [0.1, 0.15) is 29.8 Å². The number of hydrogen-bond donors (Lipinski definition) is 2. The molecule has 1 aromatic carbocycles. The van der Waals surface area contributed by atoms with Gasteiger partial charge in [-0.25, -0.2) is 4.79 Å². The van der Waals surface area contributed by atoms with Crippen molar-refractivity contribution in [2.75, 3.05) is 13.2 Å². The monoisotopic (exact) mass is 303 g/mol. The van der Waals surface area contributed by atoms with E-state index < -0.39 is 5.97 Å². The van der Waals surface area contributed by atoms with Crippen molar-refractivity contribution in [2.45, 2.75) is 20.8 Å². The van der Waals surface area contributed by atoms with Crippen molar-refractivity contribution in [1.82, 2.24) is 0 Å². The molecule has 6 heteroatoms. The minimum Gasteiger partial charge on any atom is -0.454 e. The molecule has 0 aliphatic rings. The largest absolute Gasteiger partial charge is 0.454 e. The van der Waals surface area contributed by atoms with E-state index in [1.54, 1.807) is 19.1 Å². The van der Waals surface area contributed by atoms with Gasteiger partial charge in [0.25, 0.3) is 0 Å². The lowest BCUT2D eigenvalue weighted by Crippen LogP contribution is -2.28. The summed E-state index contributed by atoms with van der Waals surface area (Å²) in [6, 6.07) is 7.08. The third-order valence-electron chi connectivity index (χ3n) is 2.96. The summed E-state index contributed by atoms with van der Waals surface area (Å²) in [7, 11) is 0. The Bertz CT molecular complexity index is 629. The number of carbonyl (C=O) groups is 2. The number of hydrogen-bond acceptors (Lipinski definition) is 5. The third kappa shape index (κ3) is 4.44. The van der Waals surface area contributed by atoms with Crippen LogP contribution in [0.4, 0.5) is 0 Å². The Kier molecular flexibility index (Phi) is 6.31. The van der Waals surface area contributed by atoms with E-state index in [-0.39, 0.29) is 29.5 Å². The van der Waals surface area contributed by atoms with Gasteiger partial charge >= 0.3 is 5.97 Å². The van der Waals surface area contributed by atoms with Gasteiger partial charge in [0, 0.05) is 17.8 Å². The summed E-state index contributed by atoms with van der Waals surface area (Å²) in [4.78, 5) is 28.1. The number of esters is 1. The van der Waals surface area contributed by atoms with Crippen LogP contribution in [0.5, 0.6) is 0 Å². The van der Waals surface area contributed by atoms with Crippen molar-refractivity contribution >= 4 is 17.6 Å². The summed E-state index contributed by atoms with van der Waals surface area (Å²) in [5.41, 5.74) is 12.9. The Morgan fingerprint density at radius 2 is 1.86 bits per heavy atom. The van der Waals surface area contributed by atoms with E-state index >= 15 is 0 Å². The number of rotatable bonds is 6. The fourth-order valence-corrected chi connectivity index (χ4v) is 1.88. The van der Waals surface area contributed by atoms with Gasteiger partial charge in [0.05, 0.1) is 0 Å². The molecular weight excluding hydrogens is 282 g/mol. The number of aliphatic imine (C=N–C) groups is 1. The number of aryl methyl sites for hydroxylation is 1. The Morgan fingerprint density at radius 3 is 2.41 bits per heavy atom. The molecule has 118 valence electrons. The maximum Gasteiger partial charge on any atom is 0.344 e. The first-order chi connectivity index (χ1) is 10.4. The third-order valence-corrected chi connectivity index (χ3v) is 2.96. The first kappa shape index (κ1) is 17.4. The standard InChI is InChI=1S/C16H21N3O3/c1-4-19-15(18)14(11(3)17)16(21)22-9-13(20)12-8-6-5-7-10(12)2/h5-8H,4,9,17H2,1-3H3,(H2,18,19). The van der Waals surface area contributed by atoms with Crippen molar-refractivity contribution in [1.29, 1.82) is 0 Å². The molecule has 0 bridgehead atoms. The lowest BCUT2D eigenvalue weighted by Gasteiger charge is -2.10. The molecule has 0 saturated heterocycles. The molecule has 1 rings (SSSR count). The van der Waals surface area contributed by atoms with Gasteiger partial charge in [0.1, 0.15) is 11.4 Å². The van der Waals surface area contributed by atoms with Gasteiger partial charge in [-0.2, -0.15) is 0 Å². The van der Waals surface area contributed by atoms with Gasteiger partial charge in [-0.1, -0.05) is 24.3 Å². The van der Waals surface area contributed by atoms with Gasteiger partial charge in [0.2, 0.25) is 5.78 Å². The molecule has 0 unspecified atom stereocenters. The number of Topliss-reactive ketones (excluding diaryl/α,β-unsaturated/α-hetero) is 1. The summed E-state index contributed by atoms with van der Waals surface area (Å²) < 4.78 is 5.02. The van der Waals surface area contributed by atoms with Crippen molar-refractivity contribution in [3.05, 3.63) is 46.7 Å². The van der Waals surface area contributed by atoms with Crippen molar-refractivity contribution < 1.29 is 14.3 Å². The van der Waals surface area contributed by atoms with Crippen LogP contribution in [0.15, 0.2) is 40.5 Å². The number of ether oxygens (including phenoxy) is 1. The van der Waals surface area contributed by atoms with Crippen molar-refractivity contribution in [2.24, 2.45) is 16.5 Å². The second-order valence-electron chi connectivity index (χ2n) is 4.73. The molecule has 22 heavy (non-hydrogen) atoms. The first-order valence-corrected chi connectivity index (χ1v) is 6.91. The van der Waals surface area contributed by atoms with E-state index in [1.165, 1.54) is 6.92 Å². The molecule has 0 aliphatic heterocycles. The quantitative estimate of drug-likeness (QED) is 0.271. The topological polar surface area (TPSA) is 108 Å². The van der Waals surface area contributed by atoms with Gasteiger partial charge in [-0.3, -0.25) is 9.79 Å². The Balaban J connectivity index is 2.81. The number of ketones is 1.